The first-order valence-electron chi connectivity index (χ1n) is 5.99. The lowest BCUT2D eigenvalue weighted by molar-refractivity contribution is -0.111. The Morgan fingerprint density at radius 3 is 2.95 bits per heavy atom. The second kappa shape index (κ2) is 7.79. The van der Waals surface area contributed by atoms with Gasteiger partial charge in [-0.2, -0.15) is 0 Å². The highest BCUT2D eigenvalue weighted by atomic mass is 35.5. The quantitative estimate of drug-likeness (QED) is 0.481. The molecule has 21 heavy (non-hydrogen) atoms. The number of thioether (sulfide) groups is 1. The van der Waals surface area contributed by atoms with Gasteiger partial charge in [0.25, 0.3) is 0 Å². The van der Waals surface area contributed by atoms with Crippen LogP contribution in [0.1, 0.15) is 12.5 Å². The van der Waals surface area contributed by atoms with Gasteiger partial charge in [-0.05, 0) is 29.5 Å². The Bertz CT molecular complexity index is 673. The number of hydrogen-bond donors (Lipinski definition) is 1. The van der Waals surface area contributed by atoms with E-state index in [1.807, 2.05) is 6.92 Å². The molecule has 1 N–H and O–H groups in total. The molecule has 0 radical (unpaired) electrons. The first kappa shape index (κ1) is 16.3. The Morgan fingerprint density at radius 1 is 1.43 bits per heavy atom. The molecule has 2 rings (SSSR count). The minimum absolute atomic E-state index is 0.287. The van der Waals surface area contributed by atoms with Crippen molar-refractivity contribution in [3.63, 3.8) is 0 Å². The molecule has 0 aliphatic rings. The van der Waals surface area contributed by atoms with Crippen LogP contribution in [0, 0.1) is 0 Å². The molecule has 1 aromatic heterocycles. The number of rotatable bonds is 5. The monoisotopic (exact) mass is 359 g/mol. The smallest absolute Gasteiger partial charge is 0.250 e. The van der Waals surface area contributed by atoms with Crippen molar-refractivity contribution in [3.8, 4) is 0 Å². The lowest BCUT2D eigenvalue weighted by Crippen LogP contribution is -2.07. The summed E-state index contributed by atoms with van der Waals surface area (Å²) < 4.78 is 0.831. The highest BCUT2D eigenvalue weighted by molar-refractivity contribution is 8.01. The van der Waals surface area contributed by atoms with Crippen LogP contribution in [0.2, 0.25) is 10.0 Å². The van der Waals surface area contributed by atoms with E-state index in [9.17, 15) is 4.79 Å². The largest absolute Gasteiger partial charge is 0.297 e. The molecule has 0 saturated carbocycles. The number of nitrogens with one attached hydrogen (secondary N) is 1. The number of carbonyl (C=O) groups excluding carboxylic acids is 1. The number of aromatic nitrogens is 2. The first-order valence-corrected chi connectivity index (χ1v) is 8.54. The van der Waals surface area contributed by atoms with Crippen LogP contribution in [0.15, 0.2) is 28.6 Å². The SMILES string of the molecule is CCSc1nnc(NC(=O)/C=C/c2ccc(Cl)cc2Cl)s1. The number of anilines is 1. The molecule has 1 aromatic carbocycles. The van der Waals surface area contributed by atoms with E-state index < -0.39 is 0 Å². The molecule has 0 aliphatic heterocycles. The molecule has 0 fully saturated rings. The lowest BCUT2D eigenvalue weighted by atomic mass is 10.2. The molecule has 0 spiro atoms. The van der Waals surface area contributed by atoms with Gasteiger partial charge in [0, 0.05) is 16.1 Å². The van der Waals surface area contributed by atoms with Crippen LogP contribution >= 0.6 is 46.3 Å². The predicted molar refractivity (Wildman–Crippen MR) is 90.4 cm³/mol. The molecule has 0 saturated heterocycles. The number of halogens is 2. The second-order valence-electron chi connectivity index (χ2n) is 3.79. The average molecular weight is 360 g/mol. The van der Waals surface area contributed by atoms with Crippen molar-refractivity contribution < 1.29 is 4.79 Å². The third kappa shape index (κ3) is 5.00. The summed E-state index contributed by atoms with van der Waals surface area (Å²) in [5.74, 6) is 0.627. The lowest BCUT2D eigenvalue weighted by Gasteiger charge is -1.99. The Morgan fingerprint density at radius 2 is 2.24 bits per heavy atom. The Kier molecular flexibility index (Phi) is 6.05. The van der Waals surface area contributed by atoms with Gasteiger partial charge < -0.3 is 0 Å². The summed E-state index contributed by atoms with van der Waals surface area (Å²) in [6.45, 7) is 2.03. The fourth-order valence-corrected chi connectivity index (χ4v) is 3.51. The third-order valence-electron chi connectivity index (χ3n) is 2.28. The summed E-state index contributed by atoms with van der Waals surface area (Å²) in [5, 5.41) is 12.0. The highest BCUT2D eigenvalue weighted by Gasteiger charge is 2.06. The number of amides is 1. The van der Waals surface area contributed by atoms with E-state index in [1.54, 1.807) is 36.0 Å². The summed E-state index contributed by atoms with van der Waals surface area (Å²) in [5.41, 5.74) is 0.718. The summed E-state index contributed by atoms with van der Waals surface area (Å²) in [4.78, 5) is 11.8. The highest BCUT2D eigenvalue weighted by Crippen LogP contribution is 2.25. The zero-order chi connectivity index (χ0) is 15.2. The fraction of sp³-hybridized carbons (Fsp3) is 0.154. The Hall–Kier alpha value is -1.08. The maximum atomic E-state index is 11.8. The van der Waals surface area contributed by atoms with Crippen molar-refractivity contribution in [1.29, 1.82) is 0 Å². The molecule has 2 aromatic rings. The van der Waals surface area contributed by atoms with Gasteiger partial charge in [0.05, 0.1) is 0 Å². The molecular weight excluding hydrogens is 349 g/mol. The van der Waals surface area contributed by atoms with Crippen LogP contribution in [0.25, 0.3) is 6.08 Å². The van der Waals surface area contributed by atoms with Gasteiger partial charge in [0.1, 0.15) is 0 Å². The van der Waals surface area contributed by atoms with E-state index in [-0.39, 0.29) is 5.91 Å². The Labute approximate surface area is 140 Å². The number of nitrogens with zero attached hydrogens (tertiary/aromatic N) is 2. The molecule has 8 heteroatoms. The molecule has 110 valence electrons. The minimum Gasteiger partial charge on any atom is -0.297 e. The molecule has 1 heterocycles. The van der Waals surface area contributed by atoms with Crippen LogP contribution < -0.4 is 5.32 Å². The van der Waals surface area contributed by atoms with Gasteiger partial charge in [-0.1, -0.05) is 59.3 Å². The van der Waals surface area contributed by atoms with Crippen molar-refractivity contribution in [2.24, 2.45) is 0 Å². The first-order chi connectivity index (χ1) is 10.1. The minimum atomic E-state index is -0.287. The zero-order valence-electron chi connectivity index (χ0n) is 11.0. The molecule has 0 aliphatic carbocycles. The van der Waals surface area contributed by atoms with Crippen LogP contribution in [0.3, 0.4) is 0 Å². The van der Waals surface area contributed by atoms with Gasteiger partial charge in [-0.3, -0.25) is 10.1 Å². The number of benzene rings is 1. The van der Waals surface area contributed by atoms with Gasteiger partial charge >= 0.3 is 0 Å². The van der Waals surface area contributed by atoms with E-state index in [1.165, 1.54) is 17.4 Å². The normalized spacial score (nSPS) is 11.0. The summed E-state index contributed by atoms with van der Waals surface area (Å²) in [7, 11) is 0. The van der Waals surface area contributed by atoms with Crippen molar-refractivity contribution in [2.75, 3.05) is 11.1 Å². The van der Waals surface area contributed by atoms with Crippen molar-refractivity contribution >= 4 is 63.4 Å². The van der Waals surface area contributed by atoms with E-state index in [0.717, 1.165) is 15.7 Å². The fourth-order valence-electron chi connectivity index (χ4n) is 1.39. The third-order valence-corrected chi connectivity index (χ3v) is 4.70. The molecule has 0 unspecified atom stereocenters. The molecule has 0 atom stereocenters. The van der Waals surface area contributed by atoms with Crippen LogP contribution in [0.5, 0.6) is 0 Å². The van der Waals surface area contributed by atoms with Crippen molar-refractivity contribution in [2.45, 2.75) is 11.3 Å². The van der Waals surface area contributed by atoms with Gasteiger partial charge in [-0.15, -0.1) is 10.2 Å². The van der Waals surface area contributed by atoms with Gasteiger partial charge in [0.15, 0.2) is 4.34 Å². The second-order valence-corrected chi connectivity index (χ2v) is 7.13. The maximum absolute atomic E-state index is 11.8. The van der Waals surface area contributed by atoms with E-state index in [4.69, 9.17) is 23.2 Å². The molecule has 4 nitrogen and oxygen atoms in total. The van der Waals surface area contributed by atoms with E-state index >= 15 is 0 Å². The van der Waals surface area contributed by atoms with Crippen LogP contribution in [0.4, 0.5) is 5.13 Å². The van der Waals surface area contributed by atoms with Gasteiger partial charge in [-0.25, -0.2) is 0 Å². The predicted octanol–water partition coefficient (Wildman–Crippen LogP) is 4.61. The van der Waals surface area contributed by atoms with Crippen molar-refractivity contribution in [1.82, 2.24) is 10.2 Å². The molecule has 1 amide bonds. The van der Waals surface area contributed by atoms with Gasteiger partial charge in [0.2, 0.25) is 11.0 Å². The van der Waals surface area contributed by atoms with Crippen molar-refractivity contribution in [3.05, 3.63) is 39.9 Å². The van der Waals surface area contributed by atoms with E-state index in [2.05, 4.69) is 15.5 Å². The topological polar surface area (TPSA) is 54.9 Å². The van der Waals surface area contributed by atoms with Crippen LogP contribution in [-0.4, -0.2) is 21.9 Å². The standard InChI is InChI=1S/C13H11Cl2N3OS2/c1-2-20-13-18-17-12(21-13)16-11(19)6-4-8-3-5-9(14)7-10(8)15/h3-7H,2H2,1H3,(H,16,17,19)/b6-4+. The maximum Gasteiger partial charge on any atom is 0.250 e. The Balaban J connectivity index is 1.98. The molecular formula is C13H11Cl2N3OS2. The summed E-state index contributed by atoms with van der Waals surface area (Å²) in [6.07, 6.45) is 3.01. The number of hydrogen-bond acceptors (Lipinski definition) is 5. The zero-order valence-corrected chi connectivity index (χ0v) is 14.1. The summed E-state index contributed by atoms with van der Waals surface area (Å²) >= 11 is 14.8. The average Bonchev–Trinajstić information content (AvgIpc) is 2.85. The number of carbonyl (C=O) groups is 1. The molecule has 0 bridgehead atoms. The summed E-state index contributed by atoms with van der Waals surface area (Å²) in [6, 6.07) is 5.08. The van der Waals surface area contributed by atoms with E-state index in [0.29, 0.717) is 15.2 Å². The van der Waals surface area contributed by atoms with Crippen LogP contribution in [-0.2, 0) is 4.79 Å².